The van der Waals surface area contributed by atoms with Crippen LogP contribution in [-0.4, -0.2) is 25.5 Å². The second-order valence-electron chi connectivity index (χ2n) is 6.55. The maximum absolute atomic E-state index is 12.5. The molecule has 4 rings (SSSR count). The summed E-state index contributed by atoms with van der Waals surface area (Å²) in [5.41, 5.74) is 1.60. The van der Waals surface area contributed by atoms with Crippen molar-refractivity contribution in [3.63, 3.8) is 0 Å². The lowest BCUT2D eigenvalue weighted by Gasteiger charge is -2.11. The van der Waals surface area contributed by atoms with Gasteiger partial charge in [-0.15, -0.1) is 0 Å². The van der Waals surface area contributed by atoms with Crippen molar-refractivity contribution in [3.8, 4) is 0 Å². The third kappa shape index (κ3) is 4.35. The Morgan fingerprint density at radius 3 is 2.62 bits per heavy atom. The molecule has 146 valence electrons. The maximum atomic E-state index is 12.5. The molecule has 0 bridgehead atoms. The number of para-hydroxylation sites is 1. The van der Waals surface area contributed by atoms with Crippen molar-refractivity contribution in [1.29, 1.82) is 0 Å². The molecule has 4 aromatic rings. The van der Waals surface area contributed by atoms with Gasteiger partial charge in [0.15, 0.2) is 0 Å². The summed E-state index contributed by atoms with van der Waals surface area (Å²) >= 11 is 5.92. The van der Waals surface area contributed by atoms with Crippen LogP contribution in [0.15, 0.2) is 71.8 Å². The maximum Gasteiger partial charge on any atom is 0.227 e. The van der Waals surface area contributed by atoms with Gasteiger partial charge < -0.3 is 5.32 Å². The summed E-state index contributed by atoms with van der Waals surface area (Å²) in [6.07, 6.45) is 3.13. The van der Waals surface area contributed by atoms with Crippen molar-refractivity contribution >= 4 is 34.2 Å². The molecule has 0 radical (unpaired) electrons. The molecule has 0 aliphatic heterocycles. The van der Waals surface area contributed by atoms with E-state index in [0.717, 1.165) is 5.56 Å². The fourth-order valence-electron chi connectivity index (χ4n) is 3.08. The van der Waals surface area contributed by atoms with Gasteiger partial charge >= 0.3 is 0 Å². The molecule has 8 heteroatoms. The van der Waals surface area contributed by atoms with Gasteiger partial charge in [0.05, 0.1) is 31.0 Å². The number of nitrogens with zero attached hydrogens (tertiary/aromatic N) is 4. The number of amides is 1. The molecule has 0 fully saturated rings. The summed E-state index contributed by atoms with van der Waals surface area (Å²) in [4.78, 5) is 24.4. The van der Waals surface area contributed by atoms with E-state index in [-0.39, 0.29) is 17.8 Å². The molecule has 2 heterocycles. The monoisotopic (exact) mass is 407 g/mol. The molecule has 0 saturated heterocycles. The van der Waals surface area contributed by atoms with Crippen LogP contribution < -0.4 is 10.7 Å². The Kier molecular flexibility index (Phi) is 5.39. The average Bonchev–Trinajstić information content (AvgIpc) is 3.16. The zero-order valence-corrected chi connectivity index (χ0v) is 16.2. The first-order chi connectivity index (χ1) is 14.1. The van der Waals surface area contributed by atoms with E-state index in [4.69, 9.17) is 11.6 Å². The van der Waals surface area contributed by atoms with E-state index in [0.29, 0.717) is 34.8 Å². The van der Waals surface area contributed by atoms with Gasteiger partial charge in [0, 0.05) is 22.9 Å². The summed E-state index contributed by atoms with van der Waals surface area (Å²) in [6, 6.07) is 16.5. The number of carbonyl (C=O) groups is 1. The van der Waals surface area contributed by atoms with Gasteiger partial charge in [-0.2, -0.15) is 10.2 Å². The zero-order valence-electron chi connectivity index (χ0n) is 15.5. The summed E-state index contributed by atoms with van der Waals surface area (Å²) in [6.45, 7) is 0.879. The summed E-state index contributed by atoms with van der Waals surface area (Å²) < 4.78 is 3.38. The number of hydrogen-bond donors (Lipinski definition) is 1. The van der Waals surface area contributed by atoms with Crippen molar-refractivity contribution in [3.05, 3.63) is 87.8 Å². The molecule has 2 aromatic carbocycles. The molecule has 0 unspecified atom stereocenters. The van der Waals surface area contributed by atoms with Gasteiger partial charge in [-0.1, -0.05) is 35.9 Å². The van der Waals surface area contributed by atoms with Crippen molar-refractivity contribution in [2.75, 3.05) is 5.32 Å². The molecular weight excluding hydrogens is 390 g/mol. The highest BCUT2D eigenvalue weighted by atomic mass is 35.5. The van der Waals surface area contributed by atoms with Crippen molar-refractivity contribution in [2.24, 2.45) is 0 Å². The van der Waals surface area contributed by atoms with Crippen LogP contribution in [0, 0.1) is 0 Å². The molecule has 2 aromatic heterocycles. The normalized spacial score (nSPS) is 10.9. The van der Waals surface area contributed by atoms with Gasteiger partial charge in [0.2, 0.25) is 11.3 Å². The highest BCUT2D eigenvalue weighted by Gasteiger charge is 2.10. The summed E-state index contributed by atoms with van der Waals surface area (Å²) in [5.74, 6) is 0.454. The number of anilines is 1. The third-order valence-corrected chi connectivity index (χ3v) is 4.79. The van der Waals surface area contributed by atoms with Crippen molar-refractivity contribution in [1.82, 2.24) is 19.6 Å². The smallest absolute Gasteiger partial charge is 0.227 e. The first-order valence-electron chi connectivity index (χ1n) is 9.11. The Labute approximate surface area is 171 Å². The highest BCUT2D eigenvalue weighted by molar-refractivity contribution is 6.30. The molecule has 0 atom stereocenters. The number of benzene rings is 2. The molecular formula is C21H18ClN5O2. The lowest BCUT2D eigenvalue weighted by molar-refractivity contribution is -0.116. The number of aryl methyl sites for hydroxylation is 1. The fourth-order valence-corrected chi connectivity index (χ4v) is 3.21. The predicted molar refractivity (Wildman–Crippen MR) is 112 cm³/mol. The van der Waals surface area contributed by atoms with Gasteiger partial charge in [0.1, 0.15) is 5.82 Å². The van der Waals surface area contributed by atoms with Crippen molar-refractivity contribution < 1.29 is 4.79 Å². The standard InChI is InChI=1S/C21H18ClN5O2/c22-16-7-5-15(6-8-16)14-27-20(9-11-23-27)25-21(29)10-12-26-18-4-2-1-3-17(18)19(28)13-24-26/h1-9,11,13H,10,12,14H2,(H,25,29). The molecule has 0 aliphatic rings. The number of aromatic nitrogens is 4. The number of nitrogens with one attached hydrogen (secondary N) is 1. The van der Waals surface area contributed by atoms with Crippen LogP contribution >= 0.6 is 11.6 Å². The van der Waals surface area contributed by atoms with Gasteiger partial charge in [-0.3, -0.25) is 14.3 Å². The molecule has 7 nitrogen and oxygen atoms in total. The summed E-state index contributed by atoms with van der Waals surface area (Å²) in [7, 11) is 0. The number of hydrogen-bond acceptors (Lipinski definition) is 4. The van der Waals surface area contributed by atoms with E-state index in [1.165, 1.54) is 6.20 Å². The lowest BCUT2D eigenvalue weighted by Crippen LogP contribution is -2.19. The summed E-state index contributed by atoms with van der Waals surface area (Å²) in [5, 5.41) is 12.6. The van der Waals surface area contributed by atoms with Crippen LogP contribution in [0.2, 0.25) is 5.02 Å². The minimum atomic E-state index is -0.160. The second kappa shape index (κ2) is 8.28. The van der Waals surface area contributed by atoms with Crippen molar-refractivity contribution in [2.45, 2.75) is 19.5 Å². The number of fused-ring (bicyclic) bond motifs is 1. The van der Waals surface area contributed by atoms with Gasteiger partial charge in [-0.05, 0) is 29.8 Å². The Morgan fingerprint density at radius 2 is 1.79 bits per heavy atom. The number of rotatable bonds is 6. The highest BCUT2D eigenvalue weighted by Crippen LogP contribution is 2.14. The van der Waals surface area contributed by atoms with Crippen LogP contribution in [0.1, 0.15) is 12.0 Å². The Hall–Kier alpha value is -3.45. The Bertz CT molecular complexity index is 1210. The van der Waals surface area contributed by atoms with Crippen LogP contribution in [0.5, 0.6) is 0 Å². The SMILES string of the molecule is O=C(CCn1ncc(=O)c2ccccc21)Nc1ccnn1Cc1ccc(Cl)cc1. The van der Waals surface area contributed by atoms with Crippen LogP contribution in [0.25, 0.3) is 10.9 Å². The number of halogens is 1. The predicted octanol–water partition coefficient (Wildman–Crippen LogP) is 3.32. The molecule has 0 aliphatic carbocycles. The van der Waals surface area contributed by atoms with E-state index in [1.807, 2.05) is 42.5 Å². The first-order valence-corrected chi connectivity index (χ1v) is 9.49. The second-order valence-corrected chi connectivity index (χ2v) is 6.98. The van der Waals surface area contributed by atoms with Crippen LogP contribution in [-0.2, 0) is 17.9 Å². The van der Waals surface area contributed by atoms with E-state index < -0.39 is 0 Å². The molecule has 29 heavy (non-hydrogen) atoms. The average molecular weight is 408 g/mol. The zero-order chi connectivity index (χ0) is 20.2. The first kappa shape index (κ1) is 18.9. The van der Waals surface area contributed by atoms with E-state index in [1.54, 1.807) is 27.7 Å². The van der Waals surface area contributed by atoms with Crippen LogP contribution in [0.4, 0.5) is 5.82 Å². The van der Waals surface area contributed by atoms with E-state index in [9.17, 15) is 9.59 Å². The quantitative estimate of drug-likeness (QED) is 0.531. The minimum absolute atomic E-state index is 0.132. The Balaban J connectivity index is 1.42. The molecule has 0 saturated carbocycles. The lowest BCUT2D eigenvalue weighted by atomic mass is 10.2. The third-order valence-electron chi connectivity index (χ3n) is 4.54. The molecule has 1 amide bonds. The minimum Gasteiger partial charge on any atom is -0.311 e. The fraction of sp³-hybridized carbons (Fsp3) is 0.143. The van der Waals surface area contributed by atoms with E-state index in [2.05, 4.69) is 15.5 Å². The topological polar surface area (TPSA) is 81.8 Å². The molecule has 0 spiro atoms. The Morgan fingerprint density at radius 1 is 1.00 bits per heavy atom. The number of carbonyl (C=O) groups excluding carboxylic acids is 1. The van der Waals surface area contributed by atoms with Gasteiger partial charge in [0.25, 0.3) is 0 Å². The van der Waals surface area contributed by atoms with E-state index >= 15 is 0 Å². The van der Waals surface area contributed by atoms with Gasteiger partial charge in [-0.25, -0.2) is 4.68 Å². The largest absolute Gasteiger partial charge is 0.311 e. The molecule has 1 N–H and O–H groups in total. The van der Waals surface area contributed by atoms with Crippen LogP contribution in [0.3, 0.4) is 0 Å².